The number of methoxy groups -OCH3 is 1. The summed E-state index contributed by atoms with van der Waals surface area (Å²) in [5.74, 6) is -1.38. The van der Waals surface area contributed by atoms with Crippen LogP contribution in [0.25, 0.3) is 5.76 Å². The lowest BCUT2D eigenvalue weighted by Gasteiger charge is -2.34. The summed E-state index contributed by atoms with van der Waals surface area (Å²) >= 11 is 0. The van der Waals surface area contributed by atoms with Gasteiger partial charge in [-0.3, -0.25) is 14.5 Å². The van der Waals surface area contributed by atoms with Crippen molar-refractivity contribution >= 4 is 28.8 Å². The largest absolute Gasteiger partial charge is 0.508 e. The Morgan fingerprint density at radius 1 is 0.895 bits per heavy atom. The number of benzene rings is 3. The molecule has 0 radical (unpaired) electrons. The van der Waals surface area contributed by atoms with Crippen LogP contribution in [-0.4, -0.2) is 67.1 Å². The van der Waals surface area contributed by atoms with Crippen LogP contribution >= 0.6 is 0 Å². The van der Waals surface area contributed by atoms with E-state index in [1.165, 1.54) is 24.1 Å². The number of carbonyl (C=O) groups excluding carboxylic acids is 2. The Bertz CT molecular complexity index is 1390. The van der Waals surface area contributed by atoms with Crippen molar-refractivity contribution in [2.75, 3.05) is 50.1 Å². The number of likely N-dealkylation sites (N-methyl/N-ethyl adjacent to an activating group) is 1. The van der Waals surface area contributed by atoms with Crippen LogP contribution in [0, 0.1) is 6.92 Å². The topological polar surface area (TPSA) is 93.5 Å². The first-order chi connectivity index (χ1) is 18.3. The molecule has 5 rings (SSSR count). The Hall–Kier alpha value is -4.30. The second kappa shape index (κ2) is 10.2. The van der Waals surface area contributed by atoms with Crippen molar-refractivity contribution in [2.24, 2.45) is 0 Å². The van der Waals surface area contributed by atoms with E-state index in [2.05, 4.69) is 16.8 Å². The zero-order valence-electron chi connectivity index (χ0n) is 21.7. The van der Waals surface area contributed by atoms with Gasteiger partial charge in [0.15, 0.2) is 0 Å². The number of phenols is 1. The van der Waals surface area contributed by atoms with Crippen LogP contribution in [0.3, 0.4) is 0 Å². The number of amides is 1. The van der Waals surface area contributed by atoms with E-state index in [0.717, 1.165) is 37.4 Å². The third kappa shape index (κ3) is 4.59. The standard InChI is InChI=1S/C30H31N3O5/c1-19-4-13-25(38-3)24(18-19)28(35)26-27(20-5-11-23(34)12-6-20)33(30(37)29(26)36)22-9-7-21(8-10-22)32-16-14-31(2)15-17-32/h4-13,18,27,34-35H,14-17H2,1-3H3/b28-26+. The molecule has 2 aliphatic rings. The Labute approximate surface area is 222 Å². The zero-order valence-corrected chi connectivity index (χ0v) is 21.7. The molecule has 8 heteroatoms. The summed E-state index contributed by atoms with van der Waals surface area (Å²) in [5, 5.41) is 21.3. The van der Waals surface area contributed by atoms with E-state index in [4.69, 9.17) is 4.74 Å². The van der Waals surface area contributed by atoms with E-state index in [9.17, 15) is 19.8 Å². The first-order valence-corrected chi connectivity index (χ1v) is 12.6. The van der Waals surface area contributed by atoms with E-state index in [-0.39, 0.29) is 17.1 Å². The highest BCUT2D eigenvalue weighted by Gasteiger charge is 2.47. The number of carbonyl (C=O) groups is 2. The number of ether oxygens (including phenoxy) is 1. The summed E-state index contributed by atoms with van der Waals surface area (Å²) in [6, 6.07) is 18.3. The first-order valence-electron chi connectivity index (χ1n) is 12.6. The van der Waals surface area contributed by atoms with Crippen LogP contribution in [0.2, 0.25) is 0 Å². The number of hydrogen-bond donors (Lipinski definition) is 2. The maximum atomic E-state index is 13.5. The van der Waals surface area contributed by atoms with Crippen molar-refractivity contribution in [1.29, 1.82) is 0 Å². The normalized spacial score (nSPS) is 19.7. The minimum Gasteiger partial charge on any atom is -0.508 e. The van der Waals surface area contributed by atoms with Crippen molar-refractivity contribution in [2.45, 2.75) is 13.0 Å². The predicted molar refractivity (Wildman–Crippen MR) is 147 cm³/mol. The monoisotopic (exact) mass is 513 g/mol. The highest BCUT2D eigenvalue weighted by molar-refractivity contribution is 6.51. The number of rotatable bonds is 5. The Kier molecular flexibility index (Phi) is 6.82. The van der Waals surface area contributed by atoms with Crippen molar-refractivity contribution < 1.29 is 24.5 Å². The van der Waals surface area contributed by atoms with Crippen molar-refractivity contribution in [3.63, 3.8) is 0 Å². The van der Waals surface area contributed by atoms with E-state index in [1.807, 2.05) is 37.3 Å². The molecule has 0 bridgehead atoms. The summed E-state index contributed by atoms with van der Waals surface area (Å²) in [5.41, 5.74) is 3.33. The minimum absolute atomic E-state index is 0.0345. The van der Waals surface area contributed by atoms with Gasteiger partial charge in [-0.1, -0.05) is 23.8 Å². The number of aliphatic hydroxyl groups excluding tert-OH is 1. The van der Waals surface area contributed by atoms with Crippen molar-refractivity contribution in [3.8, 4) is 11.5 Å². The molecular weight excluding hydrogens is 482 g/mol. The third-order valence-corrected chi connectivity index (χ3v) is 7.26. The second-order valence-corrected chi connectivity index (χ2v) is 9.77. The number of anilines is 2. The van der Waals surface area contributed by atoms with E-state index >= 15 is 0 Å². The number of Topliss-reactive ketones (excluding diaryl/α,β-unsaturated/α-hetero) is 1. The number of aromatic hydroxyl groups is 1. The molecule has 1 amide bonds. The smallest absolute Gasteiger partial charge is 0.300 e. The van der Waals surface area contributed by atoms with Crippen LogP contribution < -0.4 is 14.5 Å². The van der Waals surface area contributed by atoms with Gasteiger partial charge in [0.2, 0.25) is 0 Å². The SMILES string of the molecule is COc1ccc(C)cc1/C(O)=C1\C(=O)C(=O)N(c2ccc(N3CCN(C)CC3)cc2)C1c1ccc(O)cc1. The molecule has 0 spiro atoms. The average molecular weight is 514 g/mol. The lowest BCUT2D eigenvalue weighted by molar-refractivity contribution is -0.132. The number of hydrogen-bond acceptors (Lipinski definition) is 7. The highest BCUT2D eigenvalue weighted by atomic mass is 16.5. The number of aryl methyl sites for hydroxylation is 1. The van der Waals surface area contributed by atoms with E-state index in [1.54, 1.807) is 24.3 Å². The van der Waals surface area contributed by atoms with Gasteiger partial charge in [-0.25, -0.2) is 0 Å². The quantitative estimate of drug-likeness (QED) is 0.302. The molecule has 3 aromatic carbocycles. The minimum atomic E-state index is -0.893. The van der Waals surface area contributed by atoms with Crippen LogP contribution in [0.15, 0.2) is 72.3 Å². The number of aliphatic hydroxyl groups is 1. The molecular formula is C30H31N3O5. The molecule has 8 nitrogen and oxygen atoms in total. The first kappa shape index (κ1) is 25.4. The summed E-state index contributed by atoms with van der Waals surface area (Å²) in [4.78, 5) is 32.9. The van der Waals surface area contributed by atoms with E-state index in [0.29, 0.717) is 22.6 Å². The van der Waals surface area contributed by atoms with Gasteiger partial charge in [0.05, 0.1) is 24.3 Å². The summed E-state index contributed by atoms with van der Waals surface area (Å²) in [6.45, 7) is 5.63. The van der Waals surface area contributed by atoms with Gasteiger partial charge in [0, 0.05) is 37.6 Å². The van der Waals surface area contributed by atoms with Crippen LogP contribution in [-0.2, 0) is 9.59 Å². The Balaban J connectivity index is 1.61. The fourth-order valence-electron chi connectivity index (χ4n) is 5.11. The lowest BCUT2D eigenvalue weighted by Crippen LogP contribution is -2.44. The maximum Gasteiger partial charge on any atom is 0.300 e. The lowest BCUT2D eigenvalue weighted by atomic mass is 9.94. The molecule has 1 atom stereocenters. The number of ketones is 1. The number of phenolic OH excluding ortho intramolecular Hbond substituents is 1. The zero-order chi connectivity index (χ0) is 27.0. The van der Waals surface area contributed by atoms with E-state index < -0.39 is 17.7 Å². The van der Waals surface area contributed by atoms with Crippen molar-refractivity contribution in [3.05, 3.63) is 89.0 Å². The highest BCUT2D eigenvalue weighted by Crippen LogP contribution is 2.44. The molecule has 2 N–H and O–H groups in total. The fourth-order valence-corrected chi connectivity index (χ4v) is 5.11. The third-order valence-electron chi connectivity index (χ3n) is 7.26. The number of nitrogens with zero attached hydrogens (tertiary/aromatic N) is 3. The molecule has 2 aliphatic heterocycles. The molecule has 0 aromatic heterocycles. The molecule has 0 saturated carbocycles. The van der Waals surface area contributed by atoms with Crippen molar-refractivity contribution in [1.82, 2.24) is 4.90 Å². The maximum absolute atomic E-state index is 13.5. The van der Waals surface area contributed by atoms with Gasteiger partial charge in [0.1, 0.15) is 17.3 Å². The van der Waals surface area contributed by atoms with Gasteiger partial charge in [-0.05, 0) is 68.1 Å². The summed E-state index contributed by atoms with van der Waals surface area (Å²) in [7, 11) is 3.59. The van der Waals surface area contributed by atoms with Crippen LogP contribution in [0.1, 0.15) is 22.7 Å². The molecule has 2 heterocycles. The molecule has 1 unspecified atom stereocenters. The second-order valence-electron chi connectivity index (χ2n) is 9.77. The van der Waals surface area contributed by atoms with Crippen LogP contribution in [0.5, 0.6) is 11.5 Å². The molecule has 3 aromatic rings. The van der Waals surface area contributed by atoms with Gasteiger partial charge < -0.3 is 24.7 Å². The van der Waals surface area contributed by atoms with Gasteiger partial charge >= 0.3 is 0 Å². The molecule has 196 valence electrons. The van der Waals surface area contributed by atoms with Gasteiger partial charge in [0.25, 0.3) is 11.7 Å². The Morgan fingerprint density at radius 3 is 2.16 bits per heavy atom. The summed E-state index contributed by atoms with van der Waals surface area (Å²) in [6.07, 6.45) is 0. The van der Waals surface area contributed by atoms with Gasteiger partial charge in [-0.2, -0.15) is 0 Å². The Morgan fingerprint density at radius 2 is 1.53 bits per heavy atom. The van der Waals surface area contributed by atoms with Crippen LogP contribution in [0.4, 0.5) is 11.4 Å². The molecule has 2 fully saturated rings. The summed E-state index contributed by atoms with van der Waals surface area (Å²) < 4.78 is 5.44. The predicted octanol–water partition coefficient (Wildman–Crippen LogP) is 4.09. The average Bonchev–Trinajstić information content (AvgIpc) is 3.19. The fraction of sp³-hybridized carbons (Fsp3) is 0.267. The van der Waals surface area contributed by atoms with Gasteiger partial charge in [-0.15, -0.1) is 0 Å². The molecule has 2 saturated heterocycles. The number of piperazine rings is 1. The molecule has 38 heavy (non-hydrogen) atoms. The molecule has 0 aliphatic carbocycles.